The maximum Gasteiger partial charge on any atom is 0.286 e. The Bertz CT molecular complexity index is 2110. The summed E-state index contributed by atoms with van der Waals surface area (Å²) in [5.41, 5.74) is 1.71. The van der Waals surface area contributed by atoms with E-state index in [9.17, 15) is 4.39 Å². The number of amidine groups is 1. The Hall–Kier alpha value is -6.03. The molecule has 0 spiro atoms. The standard InChI is InChI=1S/C41H35F3N4O3/c1-40(36-23-27(9-22-37(36)43)28-24-45-48(25-28)33-16-14-32(42)15-17-33)38(44)26-51-39(46-40)47-41(29-7-5-4-6-8-29,30-10-18-34(49-2)19-11-30)31-12-20-35(50-3)21-13-31/h4-25,38H,26H2,1-3H3,(H,46,47)/t38-,40+/m0/s1. The van der Waals surface area contributed by atoms with Gasteiger partial charge < -0.3 is 19.5 Å². The molecule has 7 nitrogen and oxygen atoms in total. The first kappa shape index (κ1) is 33.5. The number of aliphatic imine (C=N–C) groups is 1. The number of hydrogen-bond donors (Lipinski definition) is 1. The van der Waals surface area contributed by atoms with E-state index in [1.807, 2.05) is 78.9 Å². The summed E-state index contributed by atoms with van der Waals surface area (Å²) >= 11 is 0. The molecule has 0 radical (unpaired) electrons. The fraction of sp³-hybridized carbons (Fsp3) is 0.171. The molecule has 0 fully saturated rings. The van der Waals surface area contributed by atoms with Crippen molar-refractivity contribution in [3.63, 3.8) is 0 Å². The monoisotopic (exact) mass is 688 g/mol. The summed E-state index contributed by atoms with van der Waals surface area (Å²) in [5, 5.41) is 7.95. The van der Waals surface area contributed by atoms with Crippen molar-refractivity contribution in [2.75, 3.05) is 20.8 Å². The van der Waals surface area contributed by atoms with E-state index in [0.717, 1.165) is 16.7 Å². The van der Waals surface area contributed by atoms with Crippen LogP contribution in [0.15, 0.2) is 139 Å². The average molecular weight is 689 g/mol. The minimum absolute atomic E-state index is 0.0378. The number of aromatic nitrogens is 2. The number of ether oxygens (including phenoxy) is 3. The molecule has 1 aliphatic rings. The van der Waals surface area contributed by atoms with E-state index in [1.54, 1.807) is 62.5 Å². The fourth-order valence-corrected chi connectivity index (χ4v) is 6.47. The first-order chi connectivity index (χ1) is 24.7. The zero-order valence-corrected chi connectivity index (χ0v) is 28.2. The first-order valence-electron chi connectivity index (χ1n) is 16.3. The Morgan fingerprint density at radius 3 is 2.00 bits per heavy atom. The minimum Gasteiger partial charge on any atom is -0.497 e. The van der Waals surface area contributed by atoms with Gasteiger partial charge in [-0.2, -0.15) is 5.10 Å². The number of rotatable bonds is 9. The Kier molecular flexibility index (Phi) is 8.99. The van der Waals surface area contributed by atoms with Crippen LogP contribution in [0.2, 0.25) is 0 Å². The van der Waals surface area contributed by atoms with Crippen LogP contribution < -0.4 is 14.8 Å². The van der Waals surface area contributed by atoms with Gasteiger partial charge in [-0.25, -0.2) is 22.8 Å². The predicted octanol–water partition coefficient (Wildman–Crippen LogP) is 8.36. The second-order valence-electron chi connectivity index (χ2n) is 12.4. The van der Waals surface area contributed by atoms with Gasteiger partial charge in [0.1, 0.15) is 40.8 Å². The van der Waals surface area contributed by atoms with Gasteiger partial charge in [-0.15, -0.1) is 0 Å². The van der Waals surface area contributed by atoms with Gasteiger partial charge >= 0.3 is 0 Å². The lowest BCUT2D eigenvalue weighted by Gasteiger charge is -2.41. The van der Waals surface area contributed by atoms with Gasteiger partial charge in [0.25, 0.3) is 6.02 Å². The van der Waals surface area contributed by atoms with Crippen LogP contribution in [0.5, 0.6) is 11.5 Å². The van der Waals surface area contributed by atoms with Crippen LogP contribution in [-0.4, -0.2) is 42.8 Å². The lowest BCUT2D eigenvalue weighted by Crippen LogP contribution is -2.53. The molecule has 10 heteroatoms. The SMILES string of the molecule is COc1ccc(C(NC2=N[C@](C)(c3cc(-c4cnn(-c5ccc(F)cc5)c4)ccc3F)[C@@H](F)CO2)(c2ccccc2)c2ccc(OC)cc2)cc1. The molecule has 0 amide bonds. The molecule has 0 bridgehead atoms. The summed E-state index contributed by atoms with van der Waals surface area (Å²) in [6.07, 6.45) is 1.69. The van der Waals surface area contributed by atoms with Crippen molar-refractivity contribution in [3.05, 3.63) is 168 Å². The summed E-state index contributed by atoms with van der Waals surface area (Å²) in [7, 11) is 3.21. The number of benzene rings is 5. The van der Waals surface area contributed by atoms with Crippen LogP contribution in [0, 0.1) is 11.6 Å². The van der Waals surface area contributed by atoms with Gasteiger partial charge in [-0.1, -0.05) is 60.7 Å². The van der Waals surface area contributed by atoms with E-state index in [0.29, 0.717) is 28.3 Å². The van der Waals surface area contributed by atoms with Crippen LogP contribution in [0.3, 0.4) is 0 Å². The largest absolute Gasteiger partial charge is 0.497 e. The molecule has 0 saturated carbocycles. The summed E-state index contributed by atoms with van der Waals surface area (Å²) in [6.45, 7) is 1.20. The van der Waals surface area contributed by atoms with Gasteiger partial charge in [-0.05, 0) is 89.8 Å². The molecular weight excluding hydrogens is 653 g/mol. The molecule has 6 aromatic rings. The maximum atomic E-state index is 16.1. The van der Waals surface area contributed by atoms with Crippen LogP contribution in [0.1, 0.15) is 29.2 Å². The van der Waals surface area contributed by atoms with Crippen LogP contribution in [0.25, 0.3) is 16.8 Å². The summed E-state index contributed by atoms with van der Waals surface area (Å²) in [5.74, 6) is 0.379. The zero-order valence-electron chi connectivity index (χ0n) is 28.2. The normalized spacial score (nSPS) is 17.3. The van der Waals surface area contributed by atoms with Crippen molar-refractivity contribution in [2.24, 2.45) is 4.99 Å². The lowest BCUT2D eigenvalue weighted by molar-refractivity contribution is 0.0868. The number of nitrogens with one attached hydrogen (secondary N) is 1. The van der Waals surface area contributed by atoms with Gasteiger partial charge in [0, 0.05) is 17.3 Å². The number of nitrogens with zero attached hydrogens (tertiary/aromatic N) is 3. The van der Waals surface area contributed by atoms with Crippen molar-refractivity contribution >= 4 is 6.02 Å². The van der Waals surface area contributed by atoms with Crippen molar-refractivity contribution in [2.45, 2.75) is 24.2 Å². The van der Waals surface area contributed by atoms with Gasteiger partial charge in [0.05, 0.1) is 26.1 Å². The van der Waals surface area contributed by atoms with Gasteiger partial charge in [-0.3, -0.25) is 0 Å². The van der Waals surface area contributed by atoms with E-state index < -0.39 is 23.1 Å². The summed E-state index contributed by atoms with van der Waals surface area (Å²) in [6, 6.07) is 35.4. The van der Waals surface area contributed by atoms with Crippen LogP contribution >= 0.6 is 0 Å². The molecule has 0 saturated heterocycles. The van der Waals surface area contributed by atoms with Crippen LogP contribution in [-0.2, 0) is 15.8 Å². The molecular formula is C41H35F3N4O3. The van der Waals surface area contributed by atoms with Crippen LogP contribution in [0.4, 0.5) is 13.2 Å². The zero-order chi connectivity index (χ0) is 35.6. The van der Waals surface area contributed by atoms with Gasteiger partial charge in [0.2, 0.25) is 0 Å². The second-order valence-corrected chi connectivity index (χ2v) is 12.4. The third-order valence-corrected chi connectivity index (χ3v) is 9.38. The third kappa shape index (κ3) is 6.29. The molecule has 1 aliphatic heterocycles. The van der Waals surface area contributed by atoms with Crippen molar-refractivity contribution in [3.8, 4) is 28.3 Å². The Morgan fingerprint density at radius 1 is 0.784 bits per heavy atom. The van der Waals surface area contributed by atoms with Crippen molar-refractivity contribution in [1.29, 1.82) is 0 Å². The van der Waals surface area contributed by atoms with E-state index in [-0.39, 0.29) is 24.0 Å². The average Bonchev–Trinajstić information content (AvgIpc) is 3.67. The van der Waals surface area contributed by atoms with E-state index in [2.05, 4.69) is 10.4 Å². The van der Waals surface area contributed by atoms with Gasteiger partial charge in [0.15, 0.2) is 6.17 Å². The summed E-state index contributed by atoms with van der Waals surface area (Å²) < 4.78 is 64.0. The molecule has 7 rings (SSSR count). The highest BCUT2D eigenvalue weighted by atomic mass is 19.1. The topological polar surface area (TPSA) is 69.9 Å². The Labute approximate surface area is 294 Å². The molecule has 51 heavy (non-hydrogen) atoms. The fourth-order valence-electron chi connectivity index (χ4n) is 6.47. The third-order valence-electron chi connectivity index (χ3n) is 9.38. The van der Waals surface area contributed by atoms with Crippen molar-refractivity contribution < 1.29 is 27.4 Å². The number of hydrogen-bond acceptors (Lipinski definition) is 6. The number of alkyl halides is 1. The van der Waals surface area contributed by atoms with E-state index in [4.69, 9.17) is 19.2 Å². The first-order valence-corrected chi connectivity index (χ1v) is 16.3. The minimum atomic E-state index is -1.68. The highest BCUT2D eigenvalue weighted by Gasteiger charge is 2.45. The number of methoxy groups -OCH3 is 2. The molecule has 1 N–H and O–H groups in total. The Morgan fingerprint density at radius 2 is 1.39 bits per heavy atom. The highest BCUT2D eigenvalue weighted by Crippen LogP contribution is 2.41. The molecule has 1 aromatic heterocycles. The molecule has 2 heterocycles. The maximum absolute atomic E-state index is 16.1. The number of halogens is 3. The lowest BCUT2D eigenvalue weighted by atomic mass is 9.77. The van der Waals surface area contributed by atoms with Crippen molar-refractivity contribution in [1.82, 2.24) is 15.1 Å². The Balaban J connectivity index is 1.33. The predicted molar refractivity (Wildman–Crippen MR) is 190 cm³/mol. The van der Waals surface area contributed by atoms with E-state index in [1.165, 1.54) is 18.2 Å². The summed E-state index contributed by atoms with van der Waals surface area (Å²) in [4.78, 5) is 4.81. The molecule has 2 atom stereocenters. The molecule has 0 aliphatic carbocycles. The molecule has 5 aromatic carbocycles. The highest BCUT2D eigenvalue weighted by molar-refractivity contribution is 5.79. The smallest absolute Gasteiger partial charge is 0.286 e. The second kappa shape index (κ2) is 13.7. The molecule has 258 valence electrons. The van der Waals surface area contributed by atoms with E-state index >= 15 is 8.78 Å². The molecule has 0 unspecified atom stereocenters. The quantitative estimate of drug-likeness (QED) is 0.155.